The molecule has 1 N–H and O–H groups in total. The van der Waals surface area contributed by atoms with Crippen molar-refractivity contribution in [3.63, 3.8) is 0 Å². The Morgan fingerprint density at radius 3 is 2.46 bits per heavy atom. The molecule has 13 heavy (non-hydrogen) atoms. The Bertz CT molecular complexity index is 402. The number of hydrogen-bond acceptors (Lipinski definition) is 2. The van der Waals surface area contributed by atoms with Crippen molar-refractivity contribution < 1.29 is 13.0 Å². The van der Waals surface area contributed by atoms with Crippen LogP contribution in [0.3, 0.4) is 0 Å². The van der Waals surface area contributed by atoms with Crippen molar-refractivity contribution in [1.29, 1.82) is 0 Å². The maximum absolute atomic E-state index is 10.6. The molecule has 1 atom stereocenters. The maximum Gasteiger partial charge on any atom is 0.286 e. The van der Waals surface area contributed by atoms with E-state index in [1.165, 1.54) is 12.1 Å². The van der Waals surface area contributed by atoms with Gasteiger partial charge in [0.1, 0.15) is 0 Å². The molecule has 0 aliphatic carbocycles. The van der Waals surface area contributed by atoms with Gasteiger partial charge in [-0.05, 0) is 17.7 Å². The second kappa shape index (κ2) is 3.84. The summed E-state index contributed by atoms with van der Waals surface area (Å²) in [5, 5.41) is 0.367. The highest BCUT2D eigenvalue weighted by atomic mass is 35.5. The van der Waals surface area contributed by atoms with Gasteiger partial charge in [-0.1, -0.05) is 35.3 Å². The fourth-order valence-electron chi connectivity index (χ4n) is 0.820. The highest BCUT2D eigenvalue weighted by molar-refractivity contribution is 7.87. The van der Waals surface area contributed by atoms with Crippen molar-refractivity contribution in [1.82, 2.24) is 0 Å². The molecule has 0 saturated carbocycles. The summed E-state index contributed by atoms with van der Waals surface area (Å²) in [7, 11) is -4.27. The molecule has 0 radical (unpaired) electrons. The van der Waals surface area contributed by atoms with E-state index in [4.69, 9.17) is 27.8 Å². The van der Waals surface area contributed by atoms with E-state index in [9.17, 15) is 8.42 Å². The quantitative estimate of drug-likeness (QED) is 0.639. The molecule has 0 spiro atoms. The van der Waals surface area contributed by atoms with Crippen molar-refractivity contribution in [2.75, 3.05) is 0 Å². The van der Waals surface area contributed by atoms with Gasteiger partial charge >= 0.3 is 0 Å². The van der Waals surface area contributed by atoms with Crippen LogP contribution < -0.4 is 0 Å². The minimum absolute atomic E-state index is 0.247. The first-order valence-corrected chi connectivity index (χ1v) is 5.59. The molecule has 1 aromatic rings. The summed E-state index contributed by atoms with van der Waals surface area (Å²) in [6.07, 6.45) is 0. The predicted octanol–water partition coefficient (Wildman–Crippen LogP) is 2.47. The standard InChI is InChI=1S/C7H6Cl2O3S/c8-6-3-1-2-5(4-6)7(9)13(10,11)12/h1-4,7H,(H,10,11,12). The normalized spacial score (nSPS) is 14.1. The molecular formula is C7H6Cl2O3S. The van der Waals surface area contributed by atoms with Gasteiger partial charge in [0.2, 0.25) is 0 Å². The molecule has 0 aromatic heterocycles. The second-order valence-electron chi connectivity index (χ2n) is 2.39. The zero-order valence-corrected chi connectivity index (χ0v) is 8.64. The molecular weight excluding hydrogens is 235 g/mol. The van der Waals surface area contributed by atoms with Gasteiger partial charge < -0.3 is 0 Å². The Morgan fingerprint density at radius 2 is 2.00 bits per heavy atom. The van der Waals surface area contributed by atoms with E-state index in [-0.39, 0.29) is 5.56 Å². The number of alkyl halides is 1. The summed E-state index contributed by atoms with van der Waals surface area (Å²) >= 11 is 11.1. The molecule has 3 nitrogen and oxygen atoms in total. The van der Waals surface area contributed by atoms with Crippen LogP contribution in [0.4, 0.5) is 0 Å². The highest BCUT2D eigenvalue weighted by Gasteiger charge is 2.21. The molecule has 0 heterocycles. The van der Waals surface area contributed by atoms with Gasteiger partial charge in [0.25, 0.3) is 10.1 Å². The van der Waals surface area contributed by atoms with Crippen LogP contribution in [0.2, 0.25) is 5.02 Å². The van der Waals surface area contributed by atoms with Gasteiger partial charge in [0.05, 0.1) is 0 Å². The van der Waals surface area contributed by atoms with Gasteiger partial charge in [-0.15, -0.1) is 0 Å². The van der Waals surface area contributed by atoms with Crippen LogP contribution >= 0.6 is 23.2 Å². The Labute approximate surface area is 86.0 Å². The highest BCUT2D eigenvalue weighted by Crippen LogP contribution is 2.27. The van der Waals surface area contributed by atoms with Crippen molar-refractivity contribution in [3.8, 4) is 0 Å². The van der Waals surface area contributed by atoms with E-state index in [1.807, 2.05) is 0 Å². The molecule has 72 valence electrons. The van der Waals surface area contributed by atoms with Crippen molar-refractivity contribution in [2.45, 2.75) is 4.71 Å². The molecule has 0 aliphatic heterocycles. The van der Waals surface area contributed by atoms with Gasteiger partial charge in [-0.3, -0.25) is 4.55 Å². The maximum atomic E-state index is 10.6. The van der Waals surface area contributed by atoms with E-state index in [2.05, 4.69) is 0 Å². The molecule has 1 unspecified atom stereocenters. The van der Waals surface area contributed by atoms with Crippen LogP contribution in [0.1, 0.15) is 10.3 Å². The van der Waals surface area contributed by atoms with Gasteiger partial charge in [-0.25, -0.2) is 0 Å². The van der Waals surface area contributed by atoms with Crippen molar-refractivity contribution in [3.05, 3.63) is 34.9 Å². The summed E-state index contributed by atoms with van der Waals surface area (Å²) in [6.45, 7) is 0. The largest absolute Gasteiger partial charge is 0.286 e. The average molecular weight is 241 g/mol. The second-order valence-corrected chi connectivity index (χ2v) is 5.02. The number of benzene rings is 1. The van der Waals surface area contributed by atoms with Crippen molar-refractivity contribution >= 4 is 33.3 Å². The fraction of sp³-hybridized carbons (Fsp3) is 0.143. The first kappa shape index (κ1) is 10.8. The fourth-order valence-corrected chi connectivity index (χ4v) is 1.64. The molecule has 0 fully saturated rings. The first-order chi connectivity index (χ1) is 5.91. The summed E-state index contributed by atoms with van der Waals surface area (Å²) in [4.78, 5) is 0. The third-order valence-corrected chi connectivity index (χ3v) is 3.33. The number of rotatable bonds is 2. The minimum Gasteiger partial charge on any atom is -0.284 e. The third kappa shape index (κ3) is 2.84. The summed E-state index contributed by atoms with van der Waals surface area (Å²) < 4.78 is 28.4. The van der Waals surface area contributed by atoms with E-state index < -0.39 is 14.8 Å². The first-order valence-electron chi connectivity index (χ1n) is 3.27. The lowest BCUT2D eigenvalue weighted by molar-refractivity contribution is 0.480. The van der Waals surface area contributed by atoms with Crippen LogP contribution in [0, 0.1) is 0 Å². The van der Waals surface area contributed by atoms with Gasteiger partial charge in [0, 0.05) is 5.02 Å². The Balaban J connectivity index is 3.10. The monoisotopic (exact) mass is 240 g/mol. The summed E-state index contributed by atoms with van der Waals surface area (Å²) in [6, 6.07) is 5.99. The predicted molar refractivity (Wildman–Crippen MR) is 51.6 cm³/mol. The lowest BCUT2D eigenvalue weighted by Gasteiger charge is -2.05. The zero-order chi connectivity index (χ0) is 10.1. The Kier molecular flexibility index (Phi) is 3.18. The average Bonchev–Trinajstić information content (AvgIpc) is 2.01. The van der Waals surface area contributed by atoms with E-state index in [1.54, 1.807) is 12.1 Å². The topological polar surface area (TPSA) is 54.4 Å². The molecule has 0 bridgehead atoms. The summed E-state index contributed by atoms with van der Waals surface area (Å²) in [5.74, 6) is 0. The Morgan fingerprint density at radius 1 is 1.38 bits per heavy atom. The lowest BCUT2D eigenvalue weighted by Crippen LogP contribution is -2.05. The smallest absolute Gasteiger partial charge is 0.284 e. The minimum atomic E-state index is -4.27. The molecule has 0 saturated heterocycles. The molecule has 6 heteroatoms. The molecule has 1 aromatic carbocycles. The third-order valence-electron chi connectivity index (χ3n) is 1.37. The molecule has 1 rings (SSSR count). The number of hydrogen-bond donors (Lipinski definition) is 1. The van der Waals surface area contributed by atoms with Crippen molar-refractivity contribution in [2.24, 2.45) is 0 Å². The SMILES string of the molecule is O=S(=O)(O)C(Cl)c1cccc(Cl)c1. The lowest BCUT2D eigenvalue weighted by atomic mass is 10.2. The van der Waals surface area contributed by atoms with E-state index in [0.717, 1.165) is 0 Å². The summed E-state index contributed by atoms with van der Waals surface area (Å²) in [5.41, 5.74) is 0.247. The zero-order valence-electron chi connectivity index (χ0n) is 6.31. The van der Waals surface area contributed by atoms with E-state index >= 15 is 0 Å². The van der Waals surface area contributed by atoms with Crippen LogP contribution in [0.5, 0.6) is 0 Å². The van der Waals surface area contributed by atoms with Gasteiger partial charge in [0.15, 0.2) is 4.71 Å². The molecule has 0 amide bonds. The van der Waals surface area contributed by atoms with Crippen LogP contribution in [-0.2, 0) is 10.1 Å². The van der Waals surface area contributed by atoms with Crippen LogP contribution in [-0.4, -0.2) is 13.0 Å². The van der Waals surface area contributed by atoms with Gasteiger partial charge in [-0.2, -0.15) is 8.42 Å². The Hall–Kier alpha value is -0.290. The van der Waals surface area contributed by atoms with Crippen LogP contribution in [0.15, 0.2) is 24.3 Å². The van der Waals surface area contributed by atoms with E-state index in [0.29, 0.717) is 5.02 Å². The molecule has 0 aliphatic rings. The van der Waals surface area contributed by atoms with Crippen LogP contribution in [0.25, 0.3) is 0 Å². The number of halogens is 2.